The van der Waals surface area contributed by atoms with Gasteiger partial charge in [-0.15, -0.1) is 0 Å². The number of hydrogen-bond donors (Lipinski definition) is 1. The normalized spacial score (nSPS) is 10.9. The summed E-state index contributed by atoms with van der Waals surface area (Å²) in [7, 11) is 0. The summed E-state index contributed by atoms with van der Waals surface area (Å²) in [6, 6.07) is 14.9. The van der Waals surface area contributed by atoms with E-state index in [0.29, 0.717) is 22.7 Å². The Morgan fingerprint density at radius 1 is 1.11 bits per heavy atom. The molecule has 0 aliphatic rings. The van der Waals surface area contributed by atoms with Crippen LogP contribution in [0.15, 0.2) is 67.9 Å². The Labute approximate surface area is 160 Å². The van der Waals surface area contributed by atoms with Crippen molar-refractivity contribution in [3.05, 3.63) is 74.9 Å². The zero-order valence-corrected chi connectivity index (χ0v) is 15.1. The van der Waals surface area contributed by atoms with E-state index in [1.54, 1.807) is 18.2 Å². The number of fused-ring (bicyclic) bond motifs is 1. The SMILES string of the molecule is O=C(Nc1ccc2oc(-c3cccc(Br)c3)nc2c1)c1ccc([N+](=O)[O-])o1. The maximum absolute atomic E-state index is 12.2. The number of carbonyl (C=O) groups excluding carboxylic acids is 1. The molecular weight excluding hydrogens is 418 g/mol. The predicted molar refractivity (Wildman–Crippen MR) is 100 cm³/mol. The summed E-state index contributed by atoms with van der Waals surface area (Å²) >= 11 is 3.41. The highest BCUT2D eigenvalue weighted by Gasteiger charge is 2.18. The highest BCUT2D eigenvalue weighted by Crippen LogP contribution is 2.28. The quantitative estimate of drug-likeness (QED) is 0.361. The van der Waals surface area contributed by atoms with Crippen molar-refractivity contribution in [1.29, 1.82) is 0 Å². The largest absolute Gasteiger partial charge is 0.436 e. The Morgan fingerprint density at radius 3 is 2.70 bits per heavy atom. The lowest BCUT2D eigenvalue weighted by atomic mass is 10.2. The first kappa shape index (κ1) is 17.0. The average Bonchev–Trinajstić information content (AvgIpc) is 3.28. The third kappa shape index (κ3) is 3.44. The van der Waals surface area contributed by atoms with Gasteiger partial charge in [-0.3, -0.25) is 14.9 Å². The van der Waals surface area contributed by atoms with Crippen molar-refractivity contribution in [2.45, 2.75) is 0 Å². The number of anilines is 1. The fourth-order valence-corrected chi connectivity index (χ4v) is 2.89. The zero-order chi connectivity index (χ0) is 19.0. The number of rotatable bonds is 4. The molecule has 2 heterocycles. The van der Waals surface area contributed by atoms with Crippen LogP contribution in [-0.4, -0.2) is 15.8 Å². The highest BCUT2D eigenvalue weighted by molar-refractivity contribution is 9.10. The maximum atomic E-state index is 12.2. The Kier molecular flexibility index (Phi) is 4.21. The highest BCUT2D eigenvalue weighted by atomic mass is 79.9. The molecule has 1 N–H and O–H groups in total. The fraction of sp³-hybridized carbons (Fsp3) is 0. The first-order chi connectivity index (χ1) is 13.0. The van der Waals surface area contributed by atoms with Crippen molar-refractivity contribution in [2.24, 2.45) is 0 Å². The molecule has 0 saturated carbocycles. The van der Waals surface area contributed by atoms with E-state index in [-0.39, 0.29) is 5.76 Å². The van der Waals surface area contributed by atoms with Crippen LogP contribution in [0.4, 0.5) is 11.6 Å². The molecule has 2 aromatic carbocycles. The number of carbonyl (C=O) groups is 1. The summed E-state index contributed by atoms with van der Waals surface area (Å²) in [6.45, 7) is 0. The third-order valence-electron chi connectivity index (χ3n) is 3.71. The molecule has 9 heteroatoms. The van der Waals surface area contributed by atoms with Crippen molar-refractivity contribution in [2.75, 3.05) is 5.32 Å². The van der Waals surface area contributed by atoms with Crippen LogP contribution >= 0.6 is 15.9 Å². The smallest absolute Gasteiger partial charge is 0.433 e. The number of amides is 1. The molecule has 0 bridgehead atoms. The van der Waals surface area contributed by atoms with Gasteiger partial charge in [-0.2, -0.15) is 0 Å². The van der Waals surface area contributed by atoms with Crippen LogP contribution in [0, 0.1) is 10.1 Å². The summed E-state index contributed by atoms with van der Waals surface area (Å²) in [5, 5.41) is 13.3. The van der Waals surface area contributed by atoms with Gasteiger partial charge in [0.2, 0.25) is 5.89 Å². The minimum absolute atomic E-state index is 0.156. The number of nitrogens with zero attached hydrogens (tertiary/aromatic N) is 2. The van der Waals surface area contributed by atoms with E-state index in [4.69, 9.17) is 8.83 Å². The van der Waals surface area contributed by atoms with Gasteiger partial charge in [-0.25, -0.2) is 4.98 Å². The second-order valence-electron chi connectivity index (χ2n) is 5.56. The Hall–Kier alpha value is -3.46. The summed E-state index contributed by atoms with van der Waals surface area (Å²) in [5.41, 5.74) is 2.40. The number of nitrogens with one attached hydrogen (secondary N) is 1. The van der Waals surface area contributed by atoms with Gasteiger partial charge in [0, 0.05) is 15.7 Å². The number of halogens is 1. The molecule has 0 spiro atoms. The molecule has 134 valence electrons. The first-order valence-electron chi connectivity index (χ1n) is 7.72. The molecule has 0 saturated heterocycles. The van der Waals surface area contributed by atoms with Gasteiger partial charge in [0.1, 0.15) is 10.4 Å². The minimum Gasteiger partial charge on any atom is -0.436 e. The molecule has 0 atom stereocenters. The van der Waals surface area contributed by atoms with Gasteiger partial charge in [-0.05, 0) is 42.5 Å². The molecular formula is C18H10BrN3O5. The van der Waals surface area contributed by atoms with E-state index >= 15 is 0 Å². The first-order valence-corrected chi connectivity index (χ1v) is 8.51. The van der Waals surface area contributed by atoms with E-state index in [0.717, 1.165) is 16.1 Å². The Morgan fingerprint density at radius 2 is 1.96 bits per heavy atom. The van der Waals surface area contributed by atoms with Gasteiger partial charge >= 0.3 is 5.88 Å². The van der Waals surface area contributed by atoms with E-state index in [1.807, 2.05) is 24.3 Å². The molecule has 0 fully saturated rings. The van der Waals surface area contributed by atoms with E-state index < -0.39 is 16.7 Å². The van der Waals surface area contributed by atoms with Crippen LogP contribution in [0.3, 0.4) is 0 Å². The lowest BCUT2D eigenvalue weighted by Gasteiger charge is -2.01. The molecule has 2 aromatic heterocycles. The Balaban J connectivity index is 1.59. The minimum atomic E-state index is -0.707. The van der Waals surface area contributed by atoms with Gasteiger partial charge in [0.15, 0.2) is 11.3 Å². The average molecular weight is 428 g/mol. The molecule has 1 amide bonds. The standard InChI is InChI=1S/C18H10BrN3O5/c19-11-3-1-2-10(8-11)18-21-13-9-12(4-5-14(13)27-18)20-17(23)15-6-7-16(26-15)22(24)25/h1-9H,(H,20,23). The van der Waals surface area contributed by atoms with Gasteiger partial charge < -0.3 is 14.2 Å². The van der Waals surface area contributed by atoms with Crippen molar-refractivity contribution < 1.29 is 18.6 Å². The van der Waals surface area contributed by atoms with Gasteiger partial charge in [-0.1, -0.05) is 22.0 Å². The van der Waals surface area contributed by atoms with Crippen molar-refractivity contribution in [3.63, 3.8) is 0 Å². The lowest BCUT2D eigenvalue weighted by Crippen LogP contribution is -2.10. The number of oxazole rings is 1. The van der Waals surface area contributed by atoms with Crippen LogP contribution in [0.25, 0.3) is 22.6 Å². The number of benzene rings is 2. The van der Waals surface area contributed by atoms with E-state index in [9.17, 15) is 14.9 Å². The van der Waals surface area contributed by atoms with Crippen LogP contribution < -0.4 is 5.32 Å². The lowest BCUT2D eigenvalue weighted by molar-refractivity contribution is -0.402. The third-order valence-corrected chi connectivity index (χ3v) is 4.21. The predicted octanol–water partition coefficient (Wildman–Crippen LogP) is 5.01. The van der Waals surface area contributed by atoms with E-state index in [1.165, 1.54) is 6.07 Å². The monoisotopic (exact) mass is 427 g/mol. The van der Waals surface area contributed by atoms with E-state index in [2.05, 4.69) is 26.2 Å². The fourth-order valence-electron chi connectivity index (χ4n) is 2.49. The number of hydrogen-bond acceptors (Lipinski definition) is 6. The maximum Gasteiger partial charge on any atom is 0.433 e. The second-order valence-corrected chi connectivity index (χ2v) is 6.48. The van der Waals surface area contributed by atoms with Gasteiger partial charge in [0.05, 0.1) is 6.07 Å². The number of nitro groups is 1. The molecule has 4 aromatic rings. The summed E-state index contributed by atoms with van der Waals surface area (Å²) in [5.74, 6) is -0.794. The van der Waals surface area contributed by atoms with Crippen LogP contribution in [0.2, 0.25) is 0 Å². The number of furan rings is 1. The summed E-state index contributed by atoms with van der Waals surface area (Å²) in [4.78, 5) is 26.5. The van der Waals surface area contributed by atoms with Crippen molar-refractivity contribution in [1.82, 2.24) is 4.98 Å². The van der Waals surface area contributed by atoms with Crippen molar-refractivity contribution in [3.8, 4) is 11.5 Å². The molecule has 27 heavy (non-hydrogen) atoms. The Bertz CT molecular complexity index is 1180. The molecule has 0 aliphatic carbocycles. The molecule has 4 rings (SSSR count). The van der Waals surface area contributed by atoms with Crippen molar-refractivity contribution >= 4 is 44.5 Å². The molecule has 8 nitrogen and oxygen atoms in total. The van der Waals surface area contributed by atoms with Crippen LogP contribution in [-0.2, 0) is 0 Å². The van der Waals surface area contributed by atoms with Crippen LogP contribution in [0.1, 0.15) is 10.6 Å². The number of aromatic nitrogens is 1. The second kappa shape index (κ2) is 6.69. The summed E-state index contributed by atoms with van der Waals surface area (Å²) < 4.78 is 11.5. The molecule has 0 unspecified atom stereocenters. The summed E-state index contributed by atoms with van der Waals surface area (Å²) in [6.07, 6.45) is 0. The topological polar surface area (TPSA) is 111 Å². The molecule has 0 aliphatic heterocycles. The molecule has 0 radical (unpaired) electrons. The van der Waals surface area contributed by atoms with Crippen LogP contribution in [0.5, 0.6) is 0 Å². The van der Waals surface area contributed by atoms with Gasteiger partial charge in [0.25, 0.3) is 5.91 Å². The zero-order valence-electron chi connectivity index (χ0n) is 13.5.